The van der Waals surface area contributed by atoms with E-state index in [9.17, 15) is 4.79 Å². The standard InChI is InChI=1S/C23H22N4O2/c1-26-15-18(7-10-21(26)28)27-20-9-8-19(13-17(20)14-25-27)29-22(23(24)11-12-23)16-5-3-2-4-6-16/h2-10,13-15,22H,11-12,24H2,1H3. The normalized spacial score (nSPS) is 15.9. The Bertz CT molecular complexity index is 1240. The highest BCUT2D eigenvalue weighted by Crippen LogP contribution is 2.46. The lowest BCUT2D eigenvalue weighted by atomic mass is 10.0. The average Bonchev–Trinajstić information content (AvgIpc) is 3.34. The topological polar surface area (TPSA) is 75.1 Å². The monoisotopic (exact) mass is 386 g/mol. The van der Waals surface area contributed by atoms with E-state index in [1.807, 2.05) is 41.1 Å². The Kier molecular flexibility index (Phi) is 4.03. The maximum atomic E-state index is 11.7. The molecule has 6 heteroatoms. The lowest BCUT2D eigenvalue weighted by Gasteiger charge is -2.25. The Morgan fingerprint density at radius 1 is 1.10 bits per heavy atom. The Balaban J connectivity index is 1.49. The fourth-order valence-electron chi connectivity index (χ4n) is 3.68. The highest BCUT2D eigenvalue weighted by molar-refractivity contribution is 5.81. The summed E-state index contributed by atoms with van der Waals surface area (Å²) < 4.78 is 9.74. The van der Waals surface area contributed by atoms with E-state index in [0.29, 0.717) is 0 Å². The van der Waals surface area contributed by atoms with Crippen LogP contribution in [0.5, 0.6) is 5.75 Å². The maximum Gasteiger partial charge on any atom is 0.250 e. The Morgan fingerprint density at radius 3 is 2.62 bits per heavy atom. The number of rotatable bonds is 5. The van der Waals surface area contributed by atoms with Crippen molar-refractivity contribution >= 4 is 10.9 Å². The third kappa shape index (κ3) is 3.21. The molecule has 1 aliphatic rings. The summed E-state index contributed by atoms with van der Waals surface area (Å²) in [5.74, 6) is 0.767. The van der Waals surface area contributed by atoms with Crippen molar-refractivity contribution in [1.82, 2.24) is 14.3 Å². The molecule has 146 valence electrons. The maximum absolute atomic E-state index is 11.7. The predicted molar refractivity (Wildman–Crippen MR) is 112 cm³/mol. The quantitative estimate of drug-likeness (QED) is 0.571. The number of ether oxygens (including phenoxy) is 1. The van der Waals surface area contributed by atoms with Crippen molar-refractivity contribution in [2.24, 2.45) is 12.8 Å². The first-order valence-corrected chi connectivity index (χ1v) is 9.69. The van der Waals surface area contributed by atoms with E-state index in [4.69, 9.17) is 10.5 Å². The van der Waals surface area contributed by atoms with Gasteiger partial charge >= 0.3 is 0 Å². The van der Waals surface area contributed by atoms with Crippen LogP contribution < -0.4 is 16.0 Å². The van der Waals surface area contributed by atoms with Crippen LogP contribution in [0.2, 0.25) is 0 Å². The second kappa shape index (κ2) is 6.60. The summed E-state index contributed by atoms with van der Waals surface area (Å²) in [5, 5.41) is 5.46. The molecule has 2 aromatic heterocycles. The molecule has 5 rings (SSSR count). The van der Waals surface area contributed by atoms with Crippen molar-refractivity contribution in [3.63, 3.8) is 0 Å². The SMILES string of the molecule is Cn1cc(-n2ncc3cc(OC(c4ccccc4)C4(N)CC4)ccc32)ccc1=O. The van der Waals surface area contributed by atoms with Gasteiger partial charge in [0.1, 0.15) is 11.9 Å². The molecule has 1 fully saturated rings. The van der Waals surface area contributed by atoms with Gasteiger partial charge in [0.25, 0.3) is 0 Å². The van der Waals surface area contributed by atoms with E-state index in [1.54, 1.807) is 36.1 Å². The number of fused-ring (bicyclic) bond motifs is 1. The summed E-state index contributed by atoms with van der Waals surface area (Å²) in [5.41, 5.74) is 9.03. The Hall–Kier alpha value is -3.38. The zero-order valence-electron chi connectivity index (χ0n) is 16.2. The molecule has 1 atom stereocenters. The van der Waals surface area contributed by atoms with Crippen molar-refractivity contribution in [1.29, 1.82) is 0 Å². The minimum atomic E-state index is -0.310. The van der Waals surface area contributed by atoms with E-state index in [-0.39, 0.29) is 17.2 Å². The van der Waals surface area contributed by atoms with Gasteiger partial charge in [0.2, 0.25) is 5.56 Å². The van der Waals surface area contributed by atoms with Crippen LogP contribution in [0.4, 0.5) is 0 Å². The van der Waals surface area contributed by atoms with Gasteiger partial charge in [0, 0.05) is 24.7 Å². The molecule has 0 radical (unpaired) electrons. The summed E-state index contributed by atoms with van der Waals surface area (Å²) in [4.78, 5) is 11.7. The molecule has 0 amide bonds. The Morgan fingerprint density at radius 2 is 1.90 bits per heavy atom. The van der Waals surface area contributed by atoms with Gasteiger partial charge in [0.05, 0.1) is 22.9 Å². The number of benzene rings is 2. The second-order valence-corrected chi connectivity index (χ2v) is 7.76. The van der Waals surface area contributed by atoms with E-state index >= 15 is 0 Å². The zero-order valence-corrected chi connectivity index (χ0v) is 16.2. The first-order valence-electron chi connectivity index (χ1n) is 9.69. The van der Waals surface area contributed by atoms with Crippen molar-refractivity contribution in [2.45, 2.75) is 24.5 Å². The number of nitrogens with zero attached hydrogens (tertiary/aromatic N) is 3. The summed E-state index contributed by atoms with van der Waals surface area (Å²) in [7, 11) is 1.73. The largest absolute Gasteiger partial charge is 0.484 e. The van der Waals surface area contributed by atoms with Gasteiger partial charge in [0.15, 0.2) is 0 Å². The number of aromatic nitrogens is 3. The highest BCUT2D eigenvalue weighted by Gasteiger charge is 2.48. The molecule has 0 aliphatic heterocycles. The second-order valence-electron chi connectivity index (χ2n) is 7.76. The van der Waals surface area contributed by atoms with Crippen LogP contribution in [0.3, 0.4) is 0 Å². The van der Waals surface area contributed by atoms with Crippen LogP contribution in [0, 0.1) is 0 Å². The van der Waals surface area contributed by atoms with Gasteiger partial charge in [-0.1, -0.05) is 30.3 Å². The molecule has 0 spiro atoms. The van der Waals surface area contributed by atoms with Gasteiger partial charge in [-0.2, -0.15) is 5.10 Å². The molecule has 4 aromatic rings. The molecule has 2 N–H and O–H groups in total. The summed E-state index contributed by atoms with van der Waals surface area (Å²) >= 11 is 0. The lowest BCUT2D eigenvalue weighted by molar-refractivity contribution is 0.163. The minimum Gasteiger partial charge on any atom is -0.484 e. The fraction of sp³-hybridized carbons (Fsp3) is 0.217. The smallest absolute Gasteiger partial charge is 0.250 e. The van der Waals surface area contributed by atoms with Crippen LogP contribution >= 0.6 is 0 Å². The predicted octanol–water partition coefficient (Wildman–Crippen LogP) is 3.34. The van der Waals surface area contributed by atoms with Crippen molar-refractivity contribution in [3.05, 3.63) is 89.0 Å². The number of nitrogens with two attached hydrogens (primary N) is 1. The molecule has 0 bridgehead atoms. The average molecular weight is 386 g/mol. The van der Waals surface area contributed by atoms with Crippen molar-refractivity contribution < 1.29 is 4.74 Å². The van der Waals surface area contributed by atoms with Gasteiger partial charge in [-0.3, -0.25) is 4.79 Å². The number of aryl methyl sites for hydroxylation is 1. The minimum absolute atomic E-state index is 0.0522. The third-order valence-electron chi connectivity index (χ3n) is 5.56. The van der Waals surface area contributed by atoms with Crippen molar-refractivity contribution in [2.75, 3.05) is 0 Å². The van der Waals surface area contributed by atoms with Crippen molar-refractivity contribution in [3.8, 4) is 11.4 Å². The summed E-state index contributed by atoms with van der Waals surface area (Å²) in [6.45, 7) is 0. The number of hydrogen-bond acceptors (Lipinski definition) is 4. The van der Waals surface area contributed by atoms with E-state index in [2.05, 4.69) is 17.2 Å². The van der Waals surface area contributed by atoms with E-state index in [1.165, 1.54) is 0 Å². The number of pyridine rings is 1. The van der Waals surface area contributed by atoms with Gasteiger partial charge in [-0.15, -0.1) is 0 Å². The molecule has 6 nitrogen and oxygen atoms in total. The molecule has 1 aliphatic carbocycles. The number of hydrogen-bond donors (Lipinski definition) is 1. The third-order valence-corrected chi connectivity index (χ3v) is 5.56. The zero-order chi connectivity index (χ0) is 20.0. The van der Waals surface area contributed by atoms with Gasteiger partial charge < -0.3 is 15.0 Å². The fourth-order valence-corrected chi connectivity index (χ4v) is 3.68. The summed E-state index contributed by atoms with van der Waals surface area (Å²) in [6.07, 6.45) is 5.31. The van der Waals surface area contributed by atoms with Crippen LogP contribution in [-0.4, -0.2) is 19.9 Å². The van der Waals surface area contributed by atoms with E-state index < -0.39 is 0 Å². The first kappa shape index (κ1) is 17.7. The van der Waals surface area contributed by atoms with Gasteiger partial charge in [-0.25, -0.2) is 4.68 Å². The lowest BCUT2D eigenvalue weighted by Crippen LogP contribution is -2.34. The molecular formula is C23H22N4O2. The molecule has 29 heavy (non-hydrogen) atoms. The molecule has 1 unspecified atom stereocenters. The molecular weight excluding hydrogens is 364 g/mol. The summed E-state index contributed by atoms with van der Waals surface area (Å²) in [6, 6.07) is 19.4. The first-order chi connectivity index (χ1) is 14.0. The van der Waals surface area contributed by atoms with Crippen LogP contribution in [-0.2, 0) is 7.05 Å². The Labute approximate surface area is 168 Å². The molecule has 2 heterocycles. The highest BCUT2D eigenvalue weighted by atomic mass is 16.5. The van der Waals surface area contributed by atoms with Crippen LogP contribution in [0.1, 0.15) is 24.5 Å². The molecule has 0 saturated heterocycles. The van der Waals surface area contributed by atoms with Crippen LogP contribution in [0.15, 0.2) is 77.9 Å². The van der Waals surface area contributed by atoms with Crippen LogP contribution in [0.25, 0.3) is 16.6 Å². The molecule has 2 aromatic carbocycles. The van der Waals surface area contributed by atoms with Gasteiger partial charge in [-0.05, 0) is 42.7 Å². The molecule has 1 saturated carbocycles. The van der Waals surface area contributed by atoms with E-state index in [0.717, 1.165) is 40.7 Å².